The minimum absolute atomic E-state index is 0.337. The molecule has 0 N–H and O–H groups in total. The highest BCUT2D eigenvalue weighted by atomic mass is 32.2. The van der Waals surface area contributed by atoms with Crippen LogP contribution >= 0.6 is 11.3 Å². The van der Waals surface area contributed by atoms with Gasteiger partial charge in [0.2, 0.25) is 0 Å². The van der Waals surface area contributed by atoms with Gasteiger partial charge >= 0.3 is 0 Å². The molecule has 3 rings (SSSR count). The number of sulfonamides is 1. The zero-order chi connectivity index (χ0) is 18.6. The molecule has 3 aromatic rings. The third-order valence-corrected chi connectivity index (χ3v) is 7.14. The van der Waals surface area contributed by atoms with E-state index in [1.165, 1.54) is 4.31 Å². The summed E-state index contributed by atoms with van der Waals surface area (Å²) in [5.41, 5.74) is 2.93. The summed E-state index contributed by atoms with van der Waals surface area (Å²) >= 11 is 1.56. The van der Waals surface area contributed by atoms with E-state index in [1.807, 2.05) is 60.8 Å². The quantitative estimate of drug-likeness (QED) is 0.532. The lowest BCUT2D eigenvalue weighted by molar-refractivity contribution is 0.592. The molecule has 0 unspecified atom stereocenters. The third-order valence-electron chi connectivity index (χ3n) is 4.29. The molecule has 0 saturated heterocycles. The van der Waals surface area contributed by atoms with Gasteiger partial charge in [-0.2, -0.15) is 0 Å². The minimum Gasteiger partial charge on any atom is -0.265 e. The molecule has 0 atom stereocenters. The monoisotopic (exact) mass is 385 g/mol. The molecule has 26 heavy (non-hydrogen) atoms. The van der Waals surface area contributed by atoms with Crippen LogP contribution in [0.4, 0.5) is 5.69 Å². The number of anilines is 1. The maximum atomic E-state index is 13.2. The Kier molecular flexibility index (Phi) is 5.79. The Morgan fingerprint density at radius 3 is 2.23 bits per heavy atom. The molecule has 0 aliphatic carbocycles. The van der Waals surface area contributed by atoms with E-state index in [4.69, 9.17) is 0 Å². The smallest absolute Gasteiger partial charge is 0.264 e. The van der Waals surface area contributed by atoms with Crippen molar-refractivity contribution < 1.29 is 8.42 Å². The molecule has 0 bridgehead atoms. The van der Waals surface area contributed by atoms with Crippen molar-refractivity contribution in [3.63, 3.8) is 0 Å². The second-order valence-electron chi connectivity index (χ2n) is 6.06. The van der Waals surface area contributed by atoms with Crippen LogP contribution in [0.15, 0.2) is 70.9 Å². The SMILES string of the molecule is CCCc1ccc(S(=O)(=O)N(CC)c2ccsc2-c2ccccc2)cc1. The Labute approximate surface area is 160 Å². The van der Waals surface area contributed by atoms with Gasteiger partial charge in [0.1, 0.15) is 0 Å². The third kappa shape index (κ3) is 3.69. The van der Waals surface area contributed by atoms with Gasteiger partial charge in [-0.05, 0) is 48.1 Å². The first kappa shape index (κ1) is 18.7. The van der Waals surface area contributed by atoms with Gasteiger partial charge in [0.25, 0.3) is 10.0 Å². The Hall–Kier alpha value is -2.11. The maximum absolute atomic E-state index is 13.2. The molecule has 2 aromatic carbocycles. The molecular formula is C21H23NO2S2. The molecule has 0 aliphatic rings. The van der Waals surface area contributed by atoms with Gasteiger partial charge in [-0.25, -0.2) is 8.42 Å². The van der Waals surface area contributed by atoms with E-state index < -0.39 is 10.0 Å². The van der Waals surface area contributed by atoms with E-state index in [0.29, 0.717) is 11.4 Å². The number of benzene rings is 2. The van der Waals surface area contributed by atoms with Crippen LogP contribution in [0.3, 0.4) is 0 Å². The van der Waals surface area contributed by atoms with Crippen LogP contribution < -0.4 is 4.31 Å². The number of nitrogens with zero attached hydrogens (tertiary/aromatic N) is 1. The zero-order valence-electron chi connectivity index (χ0n) is 15.1. The van der Waals surface area contributed by atoms with Crippen LogP contribution in [-0.4, -0.2) is 15.0 Å². The molecule has 136 valence electrons. The molecule has 0 saturated carbocycles. The fraction of sp³-hybridized carbons (Fsp3) is 0.238. The number of hydrogen-bond acceptors (Lipinski definition) is 3. The van der Waals surface area contributed by atoms with E-state index in [-0.39, 0.29) is 0 Å². The fourth-order valence-corrected chi connectivity index (χ4v) is 5.47. The molecule has 0 spiro atoms. The molecule has 0 amide bonds. The molecule has 0 radical (unpaired) electrons. The van der Waals surface area contributed by atoms with Crippen molar-refractivity contribution in [3.05, 3.63) is 71.6 Å². The Bertz CT molecular complexity index is 945. The number of hydrogen-bond donors (Lipinski definition) is 0. The fourth-order valence-electron chi connectivity index (χ4n) is 3.02. The van der Waals surface area contributed by atoms with E-state index in [0.717, 1.165) is 34.5 Å². The summed E-state index contributed by atoms with van der Waals surface area (Å²) in [4.78, 5) is 1.31. The first-order valence-corrected chi connectivity index (χ1v) is 11.1. The Morgan fingerprint density at radius 1 is 0.923 bits per heavy atom. The Balaban J connectivity index is 2.00. The summed E-state index contributed by atoms with van der Waals surface area (Å²) < 4.78 is 28.0. The van der Waals surface area contributed by atoms with E-state index in [1.54, 1.807) is 23.5 Å². The summed E-state index contributed by atoms with van der Waals surface area (Å²) in [6.45, 7) is 4.37. The largest absolute Gasteiger partial charge is 0.265 e. The molecule has 1 heterocycles. The topological polar surface area (TPSA) is 37.4 Å². The average molecular weight is 386 g/mol. The van der Waals surface area contributed by atoms with Gasteiger partial charge in [-0.15, -0.1) is 11.3 Å². The van der Waals surface area contributed by atoms with Crippen molar-refractivity contribution in [1.82, 2.24) is 0 Å². The van der Waals surface area contributed by atoms with Crippen LogP contribution in [0.5, 0.6) is 0 Å². The molecule has 0 aliphatic heterocycles. The van der Waals surface area contributed by atoms with Gasteiger partial charge in [0, 0.05) is 6.54 Å². The van der Waals surface area contributed by atoms with Crippen LogP contribution in [0.25, 0.3) is 10.4 Å². The first-order valence-electron chi connectivity index (χ1n) is 8.82. The van der Waals surface area contributed by atoms with Crippen LogP contribution in [-0.2, 0) is 16.4 Å². The van der Waals surface area contributed by atoms with Crippen molar-refractivity contribution in [2.24, 2.45) is 0 Å². The Morgan fingerprint density at radius 2 is 1.62 bits per heavy atom. The first-order chi connectivity index (χ1) is 12.6. The maximum Gasteiger partial charge on any atom is 0.264 e. The lowest BCUT2D eigenvalue weighted by atomic mass is 10.1. The van der Waals surface area contributed by atoms with Crippen molar-refractivity contribution in [3.8, 4) is 10.4 Å². The summed E-state index contributed by atoms with van der Waals surface area (Å²) in [6.07, 6.45) is 2.00. The standard InChI is InChI=1S/C21H23NO2S2/c1-3-8-17-11-13-19(14-12-17)26(23,24)22(4-2)20-15-16-25-21(20)18-9-6-5-7-10-18/h5-7,9-16H,3-4,8H2,1-2H3. The highest BCUT2D eigenvalue weighted by Gasteiger charge is 2.26. The van der Waals surface area contributed by atoms with Gasteiger partial charge < -0.3 is 0 Å². The van der Waals surface area contributed by atoms with Gasteiger partial charge in [0.15, 0.2) is 0 Å². The van der Waals surface area contributed by atoms with Crippen LogP contribution in [0, 0.1) is 0 Å². The lowest BCUT2D eigenvalue weighted by Crippen LogP contribution is -2.30. The normalized spacial score (nSPS) is 11.5. The van der Waals surface area contributed by atoms with Crippen molar-refractivity contribution >= 4 is 27.0 Å². The highest BCUT2D eigenvalue weighted by molar-refractivity contribution is 7.92. The molecule has 0 fully saturated rings. The highest BCUT2D eigenvalue weighted by Crippen LogP contribution is 2.38. The lowest BCUT2D eigenvalue weighted by Gasteiger charge is -2.23. The molecule has 3 nitrogen and oxygen atoms in total. The molecule has 1 aromatic heterocycles. The van der Waals surface area contributed by atoms with Gasteiger partial charge in [0.05, 0.1) is 15.5 Å². The van der Waals surface area contributed by atoms with E-state index in [9.17, 15) is 8.42 Å². The van der Waals surface area contributed by atoms with Crippen molar-refractivity contribution in [2.75, 3.05) is 10.8 Å². The van der Waals surface area contributed by atoms with Gasteiger partial charge in [-0.3, -0.25) is 4.31 Å². The second-order valence-corrected chi connectivity index (χ2v) is 8.84. The minimum atomic E-state index is -3.60. The van der Waals surface area contributed by atoms with Crippen LogP contribution in [0.1, 0.15) is 25.8 Å². The summed E-state index contributed by atoms with van der Waals surface area (Å²) in [5.74, 6) is 0. The average Bonchev–Trinajstić information content (AvgIpc) is 3.13. The molecule has 5 heteroatoms. The van der Waals surface area contributed by atoms with Gasteiger partial charge in [-0.1, -0.05) is 55.8 Å². The predicted octanol–water partition coefficient (Wildman–Crippen LogP) is 5.58. The van der Waals surface area contributed by atoms with Crippen molar-refractivity contribution in [2.45, 2.75) is 31.6 Å². The zero-order valence-corrected chi connectivity index (χ0v) is 16.7. The predicted molar refractivity (Wildman–Crippen MR) is 110 cm³/mol. The van der Waals surface area contributed by atoms with Crippen molar-refractivity contribution in [1.29, 1.82) is 0 Å². The summed E-state index contributed by atoms with van der Waals surface area (Å²) in [6, 6.07) is 19.1. The van der Waals surface area contributed by atoms with E-state index in [2.05, 4.69) is 6.92 Å². The van der Waals surface area contributed by atoms with Crippen LogP contribution in [0.2, 0.25) is 0 Å². The summed E-state index contributed by atoms with van der Waals surface area (Å²) in [5, 5.41) is 1.94. The molecular weight excluding hydrogens is 362 g/mol. The number of thiophene rings is 1. The number of aryl methyl sites for hydroxylation is 1. The van der Waals surface area contributed by atoms with E-state index >= 15 is 0 Å². The second kappa shape index (κ2) is 8.06. The summed E-state index contributed by atoms with van der Waals surface area (Å²) in [7, 11) is -3.60. The number of rotatable bonds is 7.